The van der Waals surface area contributed by atoms with Crippen LogP contribution in [0.25, 0.3) is 11.0 Å². The Morgan fingerprint density at radius 2 is 2.20 bits per heavy atom. The molecule has 3 N–H and O–H groups in total. The third kappa shape index (κ3) is 2.00. The van der Waals surface area contributed by atoms with Crippen LogP contribution in [0.2, 0.25) is 0 Å². The lowest BCUT2D eigenvalue weighted by Gasteiger charge is -2.21. The predicted molar refractivity (Wildman–Crippen MR) is 59.4 cm³/mol. The van der Waals surface area contributed by atoms with Crippen LogP contribution in [0.1, 0.15) is 6.92 Å². The Hall–Kier alpha value is -1.39. The topological polar surface area (TPSA) is 64.1 Å². The normalized spacial score (nSPS) is 15.4. The quantitative estimate of drug-likeness (QED) is 0.777. The number of fused-ring (bicyclic) bond motifs is 1. The smallest absolute Gasteiger partial charge is 0.0959 e. The van der Waals surface area contributed by atoms with Crippen LogP contribution in [-0.4, -0.2) is 26.8 Å². The van der Waals surface area contributed by atoms with Gasteiger partial charge in [-0.05, 0) is 19.1 Å². The van der Waals surface area contributed by atoms with E-state index >= 15 is 0 Å². The lowest BCUT2D eigenvalue weighted by atomic mass is 10.1. The summed E-state index contributed by atoms with van der Waals surface area (Å²) in [5.74, 6) is 0. The second-order valence-electron chi connectivity index (χ2n) is 4.06. The van der Waals surface area contributed by atoms with E-state index in [-0.39, 0.29) is 6.54 Å². The monoisotopic (exact) mass is 205 g/mol. The van der Waals surface area contributed by atoms with Gasteiger partial charge in [0.2, 0.25) is 0 Å². The van der Waals surface area contributed by atoms with Gasteiger partial charge in [0.25, 0.3) is 0 Å². The maximum atomic E-state index is 9.88. The van der Waals surface area contributed by atoms with Gasteiger partial charge in [0.05, 0.1) is 29.5 Å². The highest BCUT2D eigenvalue weighted by Crippen LogP contribution is 2.14. The van der Waals surface area contributed by atoms with Crippen LogP contribution in [0.3, 0.4) is 0 Å². The molecule has 2 rings (SSSR count). The van der Waals surface area contributed by atoms with Crippen molar-refractivity contribution in [1.82, 2.24) is 9.55 Å². The second-order valence-corrected chi connectivity index (χ2v) is 4.06. The molecule has 2 aromatic rings. The zero-order valence-electron chi connectivity index (χ0n) is 8.72. The fourth-order valence-electron chi connectivity index (χ4n) is 1.57. The highest BCUT2D eigenvalue weighted by molar-refractivity contribution is 5.74. The second kappa shape index (κ2) is 3.64. The first-order valence-electron chi connectivity index (χ1n) is 4.95. The molecule has 80 valence electrons. The van der Waals surface area contributed by atoms with Crippen molar-refractivity contribution in [2.24, 2.45) is 5.73 Å². The Balaban J connectivity index is 2.37. The van der Waals surface area contributed by atoms with E-state index in [1.165, 1.54) is 0 Å². The largest absolute Gasteiger partial charge is 0.387 e. The average Bonchev–Trinajstić information content (AvgIpc) is 2.62. The van der Waals surface area contributed by atoms with Gasteiger partial charge in [0.15, 0.2) is 0 Å². The van der Waals surface area contributed by atoms with E-state index in [2.05, 4.69) is 4.98 Å². The number of hydrogen-bond donors (Lipinski definition) is 2. The van der Waals surface area contributed by atoms with Crippen LogP contribution in [-0.2, 0) is 6.54 Å². The summed E-state index contributed by atoms with van der Waals surface area (Å²) in [5, 5.41) is 9.88. The minimum absolute atomic E-state index is 0.236. The molecule has 1 atom stereocenters. The number of nitrogens with zero attached hydrogens (tertiary/aromatic N) is 2. The van der Waals surface area contributed by atoms with Crippen molar-refractivity contribution >= 4 is 11.0 Å². The maximum Gasteiger partial charge on any atom is 0.0959 e. The zero-order chi connectivity index (χ0) is 10.9. The van der Waals surface area contributed by atoms with Gasteiger partial charge in [-0.25, -0.2) is 4.98 Å². The third-order valence-electron chi connectivity index (χ3n) is 2.48. The Morgan fingerprint density at radius 1 is 1.47 bits per heavy atom. The molecule has 0 aliphatic rings. The van der Waals surface area contributed by atoms with Gasteiger partial charge in [-0.3, -0.25) is 0 Å². The van der Waals surface area contributed by atoms with E-state index in [9.17, 15) is 5.11 Å². The highest BCUT2D eigenvalue weighted by Gasteiger charge is 2.19. The van der Waals surface area contributed by atoms with Gasteiger partial charge < -0.3 is 15.4 Å². The van der Waals surface area contributed by atoms with Crippen LogP contribution >= 0.6 is 0 Å². The van der Waals surface area contributed by atoms with Crippen molar-refractivity contribution < 1.29 is 5.11 Å². The molecule has 4 nitrogen and oxygen atoms in total. The molecule has 0 aliphatic carbocycles. The van der Waals surface area contributed by atoms with Gasteiger partial charge in [0, 0.05) is 6.54 Å². The Labute approximate surface area is 88.3 Å². The third-order valence-corrected chi connectivity index (χ3v) is 2.48. The fourth-order valence-corrected chi connectivity index (χ4v) is 1.57. The van der Waals surface area contributed by atoms with Crippen molar-refractivity contribution in [2.75, 3.05) is 6.54 Å². The molecule has 1 aromatic heterocycles. The molecule has 1 unspecified atom stereocenters. The molecular formula is C11H15N3O. The van der Waals surface area contributed by atoms with Crippen molar-refractivity contribution in [3.8, 4) is 0 Å². The van der Waals surface area contributed by atoms with Crippen molar-refractivity contribution in [3.63, 3.8) is 0 Å². The number of hydrogen-bond acceptors (Lipinski definition) is 3. The molecule has 0 fully saturated rings. The van der Waals surface area contributed by atoms with Crippen LogP contribution in [0.15, 0.2) is 30.6 Å². The first kappa shape index (κ1) is 10.1. The maximum absolute atomic E-state index is 9.88. The summed E-state index contributed by atoms with van der Waals surface area (Å²) in [6.45, 7) is 2.42. The van der Waals surface area contributed by atoms with Crippen molar-refractivity contribution in [1.29, 1.82) is 0 Å². The SMILES string of the molecule is CC(O)(CN)Cn1cnc2ccccc21. The first-order valence-corrected chi connectivity index (χ1v) is 4.95. The molecule has 1 aromatic carbocycles. The van der Waals surface area contributed by atoms with Gasteiger partial charge in [-0.15, -0.1) is 0 Å². The Kier molecular flexibility index (Phi) is 2.46. The number of rotatable bonds is 3. The number of benzene rings is 1. The Morgan fingerprint density at radius 3 is 2.93 bits per heavy atom. The summed E-state index contributed by atoms with van der Waals surface area (Å²) in [6.07, 6.45) is 1.73. The number of aromatic nitrogens is 2. The molecule has 0 saturated carbocycles. The summed E-state index contributed by atoms with van der Waals surface area (Å²) in [4.78, 5) is 4.25. The van der Waals surface area contributed by atoms with Crippen LogP contribution in [0, 0.1) is 0 Å². The molecular weight excluding hydrogens is 190 g/mol. The number of aliphatic hydroxyl groups is 1. The summed E-state index contributed by atoms with van der Waals surface area (Å²) in [5.41, 5.74) is 6.55. The lowest BCUT2D eigenvalue weighted by Crippen LogP contribution is -2.38. The summed E-state index contributed by atoms with van der Waals surface area (Å²) < 4.78 is 1.92. The van der Waals surface area contributed by atoms with Gasteiger partial charge in [0.1, 0.15) is 0 Å². The van der Waals surface area contributed by atoms with Crippen molar-refractivity contribution in [3.05, 3.63) is 30.6 Å². The van der Waals surface area contributed by atoms with E-state index in [1.807, 2.05) is 28.8 Å². The lowest BCUT2D eigenvalue weighted by molar-refractivity contribution is 0.0518. The van der Waals surface area contributed by atoms with E-state index in [0.717, 1.165) is 11.0 Å². The molecule has 0 bridgehead atoms. The molecule has 0 amide bonds. The van der Waals surface area contributed by atoms with E-state index in [4.69, 9.17) is 5.73 Å². The fraction of sp³-hybridized carbons (Fsp3) is 0.364. The number of para-hydroxylation sites is 2. The summed E-state index contributed by atoms with van der Waals surface area (Å²) >= 11 is 0. The summed E-state index contributed by atoms with van der Waals surface area (Å²) in [6, 6.07) is 7.83. The molecule has 4 heteroatoms. The zero-order valence-corrected chi connectivity index (χ0v) is 8.72. The predicted octanol–water partition coefficient (Wildman–Crippen LogP) is 0.746. The standard InChI is InChI=1S/C11H15N3O/c1-11(15,6-12)7-14-8-13-9-4-2-3-5-10(9)14/h2-5,8,15H,6-7,12H2,1H3. The minimum Gasteiger partial charge on any atom is -0.387 e. The van der Waals surface area contributed by atoms with Crippen LogP contribution in [0.5, 0.6) is 0 Å². The molecule has 0 saturated heterocycles. The highest BCUT2D eigenvalue weighted by atomic mass is 16.3. The van der Waals surface area contributed by atoms with Gasteiger partial charge >= 0.3 is 0 Å². The van der Waals surface area contributed by atoms with Crippen LogP contribution < -0.4 is 5.73 Å². The van der Waals surface area contributed by atoms with Gasteiger partial charge in [-0.2, -0.15) is 0 Å². The van der Waals surface area contributed by atoms with Crippen LogP contribution in [0.4, 0.5) is 0 Å². The molecule has 0 spiro atoms. The van der Waals surface area contributed by atoms with E-state index in [1.54, 1.807) is 13.3 Å². The van der Waals surface area contributed by atoms with E-state index < -0.39 is 5.60 Å². The molecule has 1 heterocycles. The van der Waals surface area contributed by atoms with Gasteiger partial charge in [-0.1, -0.05) is 12.1 Å². The molecule has 0 aliphatic heterocycles. The summed E-state index contributed by atoms with van der Waals surface area (Å²) in [7, 11) is 0. The van der Waals surface area contributed by atoms with E-state index in [0.29, 0.717) is 6.54 Å². The molecule has 0 radical (unpaired) electrons. The Bertz CT molecular complexity index is 462. The first-order chi connectivity index (χ1) is 7.12. The minimum atomic E-state index is -0.885. The number of imidazole rings is 1. The molecule has 15 heavy (non-hydrogen) atoms. The average molecular weight is 205 g/mol. The number of nitrogens with two attached hydrogens (primary N) is 1. The van der Waals surface area contributed by atoms with Crippen molar-refractivity contribution in [2.45, 2.75) is 19.1 Å².